The van der Waals surface area contributed by atoms with Crippen molar-refractivity contribution in [3.05, 3.63) is 88.6 Å². The summed E-state index contributed by atoms with van der Waals surface area (Å²) in [7, 11) is 0. The van der Waals surface area contributed by atoms with E-state index in [4.69, 9.17) is 16.2 Å². The summed E-state index contributed by atoms with van der Waals surface area (Å²) < 4.78 is 5.84. The van der Waals surface area contributed by atoms with E-state index in [0.717, 1.165) is 22.0 Å². The van der Waals surface area contributed by atoms with Gasteiger partial charge in [0.25, 0.3) is 0 Å². The molecule has 6 rings (SSSR count). The topological polar surface area (TPSA) is 144 Å². The number of H-pyrrole nitrogens is 1. The maximum atomic E-state index is 12.8. The summed E-state index contributed by atoms with van der Waals surface area (Å²) in [6.07, 6.45) is 1.65. The Hall–Kier alpha value is -4.17. The van der Waals surface area contributed by atoms with Crippen molar-refractivity contribution in [1.29, 1.82) is 0 Å². The Morgan fingerprint density at radius 3 is 2.71 bits per heavy atom. The third-order valence-electron chi connectivity index (χ3n) is 6.39. The molecule has 1 aromatic heterocycles. The molecule has 2 atom stereocenters. The Labute approximate surface area is 195 Å². The Morgan fingerprint density at radius 2 is 1.97 bits per heavy atom. The van der Waals surface area contributed by atoms with Gasteiger partial charge in [-0.3, -0.25) is 14.7 Å². The average molecular weight is 457 g/mol. The maximum absolute atomic E-state index is 12.8. The fourth-order valence-electron chi connectivity index (χ4n) is 4.59. The zero-order chi connectivity index (χ0) is 24.2. The number of hydrogen-bond acceptors (Lipinski definition) is 6. The number of nitrogens with zero attached hydrogens (tertiary/aromatic N) is 1. The van der Waals surface area contributed by atoms with E-state index in [9.17, 15) is 14.7 Å². The molecule has 0 radical (unpaired) electrons. The number of rotatable bonds is 2. The summed E-state index contributed by atoms with van der Waals surface area (Å²) in [5, 5.41) is 18.5. The lowest BCUT2D eigenvalue weighted by molar-refractivity contribution is -0.134. The van der Waals surface area contributed by atoms with E-state index in [-0.39, 0.29) is 5.78 Å². The zero-order valence-electron chi connectivity index (χ0n) is 18.7. The number of carbonyl (C=O) groups excluding carboxylic acids is 2. The highest BCUT2D eigenvalue weighted by atomic mass is 16.6. The fraction of sp³-hybridized carbons (Fsp3) is 0.192. The molecule has 0 bridgehead atoms. The van der Waals surface area contributed by atoms with Crippen molar-refractivity contribution in [2.45, 2.75) is 31.5 Å². The number of primary amides is 1. The lowest BCUT2D eigenvalue weighted by Crippen LogP contribution is -2.32. The molecule has 0 fully saturated rings. The first-order chi connectivity index (χ1) is 16.2. The summed E-state index contributed by atoms with van der Waals surface area (Å²) in [6, 6.07) is 16.0. The minimum atomic E-state index is -1.64. The van der Waals surface area contributed by atoms with E-state index in [1.165, 1.54) is 0 Å². The number of ether oxygens (including phenoxy) is 1. The number of anilines is 1. The molecule has 0 saturated carbocycles. The molecule has 8 nitrogen and oxygen atoms in total. The molecular weight excluding hydrogens is 432 g/mol. The van der Waals surface area contributed by atoms with Gasteiger partial charge < -0.3 is 21.3 Å². The Morgan fingerprint density at radius 1 is 1.18 bits per heavy atom. The molecule has 34 heavy (non-hydrogen) atoms. The fourth-order valence-corrected chi connectivity index (χ4v) is 4.59. The van der Waals surface area contributed by atoms with Crippen LogP contribution in [-0.4, -0.2) is 27.0 Å². The highest BCUT2D eigenvalue weighted by Gasteiger charge is 2.59. The first kappa shape index (κ1) is 21.7. The number of aliphatic hydroxyl groups is 1. The normalized spacial score (nSPS) is 19.8. The van der Waals surface area contributed by atoms with Crippen LogP contribution in [0.2, 0.25) is 0 Å². The van der Waals surface area contributed by atoms with Gasteiger partial charge in [0.1, 0.15) is 11.7 Å². The zero-order valence-corrected chi connectivity index (χ0v) is 18.7. The van der Waals surface area contributed by atoms with Gasteiger partial charge in [-0.15, -0.1) is 0 Å². The second-order valence-electron chi connectivity index (χ2n) is 8.85. The molecule has 2 heterocycles. The highest BCUT2D eigenvalue weighted by molar-refractivity contribution is 6.11. The second-order valence-corrected chi connectivity index (χ2v) is 8.85. The summed E-state index contributed by atoms with van der Waals surface area (Å²) in [5.74, 6) is -2.03. The van der Waals surface area contributed by atoms with Crippen LogP contribution in [0.15, 0.2) is 60.8 Å². The molecule has 1 aliphatic carbocycles. The van der Waals surface area contributed by atoms with Crippen LogP contribution < -0.4 is 16.2 Å². The summed E-state index contributed by atoms with van der Waals surface area (Å²) in [5.41, 5.74) is 15.5. The van der Waals surface area contributed by atoms with Gasteiger partial charge in [0.05, 0.1) is 17.3 Å². The summed E-state index contributed by atoms with van der Waals surface area (Å²) in [4.78, 5) is 23.5. The number of benzene rings is 3. The van der Waals surface area contributed by atoms with E-state index in [2.05, 4.69) is 24.0 Å². The van der Waals surface area contributed by atoms with E-state index >= 15 is 0 Å². The van der Waals surface area contributed by atoms with Crippen molar-refractivity contribution < 1.29 is 19.4 Å². The van der Waals surface area contributed by atoms with E-state index in [0.29, 0.717) is 34.0 Å². The van der Waals surface area contributed by atoms with Crippen molar-refractivity contribution in [3.63, 3.8) is 0 Å². The van der Waals surface area contributed by atoms with E-state index < -0.39 is 17.6 Å². The van der Waals surface area contributed by atoms with Crippen LogP contribution in [0.3, 0.4) is 0 Å². The van der Waals surface area contributed by atoms with Gasteiger partial charge in [0.2, 0.25) is 11.7 Å². The lowest BCUT2D eigenvalue weighted by atomic mass is 9.91. The molecule has 0 spiro atoms. The predicted molar refractivity (Wildman–Crippen MR) is 128 cm³/mol. The number of amides is 1. The smallest absolute Gasteiger partial charge is 0.250 e. The third-order valence-corrected chi connectivity index (χ3v) is 6.39. The van der Waals surface area contributed by atoms with E-state index in [1.807, 2.05) is 18.2 Å². The van der Waals surface area contributed by atoms with Crippen LogP contribution in [-0.2, 0) is 5.79 Å². The quantitative estimate of drug-likeness (QED) is 0.339. The van der Waals surface area contributed by atoms with Crippen LogP contribution in [0.5, 0.6) is 5.75 Å². The Balaban J connectivity index is 0.000000169. The number of fused-ring (bicyclic) bond motifs is 6. The van der Waals surface area contributed by atoms with Crippen LogP contribution in [0.4, 0.5) is 5.69 Å². The number of nitrogens with one attached hydrogen (secondary N) is 1. The molecule has 2 unspecified atom stereocenters. The van der Waals surface area contributed by atoms with Crippen LogP contribution in [0.25, 0.3) is 10.9 Å². The first-order valence-corrected chi connectivity index (χ1v) is 10.9. The van der Waals surface area contributed by atoms with Gasteiger partial charge in [-0.1, -0.05) is 38.1 Å². The van der Waals surface area contributed by atoms with Gasteiger partial charge in [0, 0.05) is 27.8 Å². The number of carbonyl (C=O) groups is 2. The standard InChI is InChI=1S/C18H17NO3.C8H7N3O/c1-9(2)10-6-7-11-14(8-10)22-18(21)12-4-3-5-13(19)15(12)17(20)16(11)18;9-8(12)5-1-2-7-6(3-5)4-10-11-7/h3-9,16,21H,19H2,1-2H3;1-4H,(H2,9,12)(H,10,11). The van der Waals surface area contributed by atoms with Crippen molar-refractivity contribution >= 4 is 28.3 Å². The Kier molecular flexibility index (Phi) is 4.91. The van der Waals surface area contributed by atoms with Gasteiger partial charge in [-0.2, -0.15) is 5.10 Å². The SMILES string of the molecule is CC(C)c1ccc2c(c1)OC1(O)c3cccc(N)c3C(=O)C21.NC(=O)c1ccc2[nH]ncc2c1. The molecule has 4 aromatic rings. The number of nitrogens with two attached hydrogens (primary N) is 2. The molecule has 0 saturated heterocycles. The lowest BCUT2D eigenvalue weighted by Gasteiger charge is -2.22. The van der Waals surface area contributed by atoms with Crippen molar-refractivity contribution in [2.24, 2.45) is 5.73 Å². The minimum Gasteiger partial charge on any atom is -0.457 e. The van der Waals surface area contributed by atoms with E-state index in [1.54, 1.807) is 42.6 Å². The Bertz CT molecular complexity index is 1460. The predicted octanol–water partition coefficient (Wildman–Crippen LogP) is 3.57. The number of ketones is 1. The molecule has 6 N–H and O–H groups in total. The first-order valence-electron chi connectivity index (χ1n) is 10.9. The number of aromatic nitrogens is 2. The second kappa shape index (κ2) is 7.71. The molecule has 3 aromatic carbocycles. The number of hydrogen-bond donors (Lipinski definition) is 4. The molecule has 1 amide bonds. The van der Waals surface area contributed by atoms with Gasteiger partial charge in [-0.05, 0) is 41.8 Å². The molecule has 8 heteroatoms. The van der Waals surface area contributed by atoms with Crippen LogP contribution >= 0.6 is 0 Å². The highest BCUT2D eigenvalue weighted by Crippen LogP contribution is 2.56. The van der Waals surface area contributed by atoms with Gasteiger partial charge in [-0.25, -0.2) is 0 Å². The summed E-state index contributed by atoms with van der Waals surface area (Å²) in [6.45, 7) is 4.18. The molecule has 1 aliphatic heterocycles. The summed E-state index contributed by atoms with van der Waals surface area (Å²) >= 11 is 0. The van der Waals surface area contributed by atoms with Gasteiger partial charge >= 0.3 is 0 Å². The van der Waals surface area contributed by atoms with Crippen molar-refractivity contribution in [3.8, 4) is 5.75 Å². The third kappa shape index (κ3) is 3.22. The largest absolute Gasteiger partial charge is 0.457 e. The number of nitrogen functional groups attached to an aromatic ring is 1. The van der Waals surface area contributed by atoms with Crippen molar-refractivity contribution in [1.82, 2.24) is 10.2 Å². The molecule has 2 aliphatic rings. The minimum absolute atomic E-state index is 0.174. The van der Waals surface area contributed by atoms with Crippen molar-refractivity contribution in [2.75, 3.05) is 5.73 Å². The van der Waals surface area contributed by atoms with Crippen LogP contribution in [0, 0.1) is 0 Å². The maximum Gasteiger partial charge on any atom is 0.250 e. The van der Waals surface area contributed by atoms with Crippen LogP contribution in [0.1, 0.15) is 63.1 Å². The molecule has 172 valence electrons. The number of Topliss-reactive ketones (excluding diaryl/α,β-unsaturated/α-hetero) is 1. The monoisotopic (exact) mass is 456 g/mol. The average Bonchev–Trinajstić information content (AvgIpc) is 3.44. The molecular formula is C26H24N4O4. The number of aromatic amines is 1. The van der Waals surface area contributed by atoms with Gasteiger partial charge in [0.15, 0.2) is 5.78 Å².